The van der Waals surface area contributed by atoms with Crippen LogP contribution in [-0.4, -0.2) is 29.4 Å². The van der Waals surface area contributed by atoms with Crippen LogP contribution < -0.4 is 5.32 Å². The van der Waals surface area contributed by atoms with Crippen LogP contribution in [0.1, 0.15) is 32.4 Å². The lowest BCUT2D eigenvalue weighted by molar-refractivity contribution is 0.0509. The fraction of sp³-hybridized carbons (Fsp3) is 0.421. The summed E-state index contributed by atoms with van der Waals surface area (Å²) >= 11 is 1.46. The number of fused-ring (bicyclic) bond motifs is 2. The van der Waals surface area contributed by atoms with Crippen LogP contribution in [0.2, 0.25) is 0 Å². The van der Waals surface area contributed by atoms with E-state index in [1.807, 2.05) is 19.2 Å². The third-order valence-electron chi connectivity index (χ3n) is 4.92. The van der Waals surface area contributed by atoms with Crippen LogP contribution in [0.5, 0.6) is 0 Å². The quantitative estimate of drug-likeness (QED) is 0.876. The molecule has 2 aliphatic heterocycles. The Labute approximate surface area is 155 Å². The van der Waals surface area contributed by atoms with E-state index in [4.69, 9.17) is 4.74 Å². The second-order valence-electron chi connectivity index (χ2n) is 7.31. The van der Waals surface area contributed by atoms with Gasteiger partial charge >= 0.3 is 6.09 Å². The predicted octanol–water partition coefficient (Wildman–Crippen LogP) is 4.14. The van der Waals surface area contributed by atoms with E-state index in [1.165, 1.54) is 29.2 Å². The van der Waals surface area contributed by atoms with E-state index < -0.39 is 11.6 Å². The van der Waals surface area contributed by atoms with Crippen molar-refractivity contribution in [2.45, 2.75) is 38.3 Å². The topological polar surface area (TPSA) is 63.6 Å². The largest absolute Gasteiger partial charge is 0.444 e. The third kappa shape index (κ3) is 3.35. The van der Waals surface area contributed by atoms with Gasteiger partial charge in [0.05, 0.1) is 17.8 Å². The molecule has 1 amide bonds. The van der Waals surface area contributed by atoms with Gasteiger partial charge in [0, 0.05) is 22.6 Å². The molecule has 0 unspecified atom stereocenters. The number of hydrogen-bond acceptors (Lipinski definition) is 5. The lowest BCUT2D eigenvalue weighted by Gasteiger charge is -2.39. The minimum atomic E-state index is -0.672. The van der Waals surface area contributed by atoms with Gasteiger partial charge in [0.2, 0.25) is 0 Å². The monoisotopic (exact) mass is 373 g/mol. The number of thiazole rings is 1. The van der Waals surface area contributed by atoms with Crippen LogP contribution >= 0.6 is 11.3 Å². The Morgan fingerprint density at radius 1 is 1.31 bits per heavy atom. The number of carbonyl (C=O) groups is 1. The molecule has 136 valence electrons. The van der Waals surface area contributed by atoms with Crippen molar-refractivity contribution in [1.29, 1.82) is 0 Å². The highest BCUT2D eigenvalue weighted by molar-refractivity contribution is 7.13. The molecule has 1 aromatic carbocycles. The molecule has 1 fully saturated rings. The minimum Gasteiger partial charge on any atom is -0.444 e. The highest BCUT2D eigenvalue weighted by atomic mass is 32.1. The van der Waals surface area contributed by atoms with E-state index in [-0.39, 0.29) is 11.9 Å². The maximum atomic E-state index is 13.1. The van der Waals surface area contributed by atoms with Crippen molar-refractivity contribution in [3.8, 4) is 10.6 Å². The fourth-order valence-corrected chi connectivity index (χ4v) is 4.20. The summed E-state index contributed by atoms with van der Waals surface area (Å²) in [5.74, 6) is 0.140. The second-order valence-corrected chi connectivity index (χ2v) is 8.17. The van der Waals surface area contributed by atoms with E-state index >= 15 is 0 Å². The van der Waals surface area contributed by atoms with Crippen LogP contribution in [0.15, 0.2) is 34.6 Å². The van der Waals surface area contributed by atoms with Crippen LogP contribution in [0.3, 0.4) is 0 Å². The van der Waals surface area contributed by atoms with Crippen LogP contribution in [-0.2, 0) is 10.3 Å². The van der Waals surface area contributed by atoms with Crippen molar-refractivity contribution in [1.82, 2.24) is 10.3 Å². The summed E-state index contributed by atoms with van der Waals surface area (Å²) in [6.07, 6.45) is 1.33. The van der Waals surface area contributed by atoms with Gasteiger partial charge in [-0.25, -0.2) is 14.2 Å². The number of nitrogens with one attached hydrogen (secondary N) is 1. The summed E-state index contributed by atoms with van der Waals surface area (Å²) in [7, 11) is 0. The number of ether oxygens (including phenoxy) is 1. The molecule has 0 saturated heterocycles. The van der Waals surface area contributed by atoms with Crippen LogP contribution in [0.25, 0.3) is 10.6 Å². The minimum absolute atomic E-state index is 0.131. The first-order valence-corrected chi connectivity index (χ1v) is 9.51. The van der Waals surface area contributed by atoms with Gasteiger partial charge in [-0.15, -0.1) is 11.3 Å². The molecule has 0 spiro atoms. The summed E-state index contributed by atoms with van der Waals surface area (Å²) in [6.45, 7) is 4.34. The van der Waals surface area contributed by atoms with Gasteiger partial charge in [0.1, 0.15) is 16.9 Å². The Kier molecular flexibility index (Phi) is 4.26. The molecule has 0 radical (unpaired) electrons. The summed E-state index contributed by atoms with van der Waals surface area (Å²) in [6, 6.07) is 6.22. The number of alkyl carbamates (subject to hydrolysis) is 1. The Balaban J connectivity index is 1.42. The summed E-state index contributed by atoms with van der Waals surface area (Å²) in [5.41, 5.74) is 2.16. The molecule has 1 aromatic heterocycles. The number of halogens is 1. The van der Waals surface area contributed by atoms with Gasteiger partial charge in [-0.3, -0.25) is 4.99 Å². The van der Waals surface area contributed by atoms with Gasteiger partial charge in [-0.05, 0) is 51.0 Å². The molecule has 2 aromatic rings. The zero-order valence-corrected chi connectivity index (χ0v) is 15.5. The second kappa shape index (κ2) is 6.46. The Bertz CT molecular complexity index is 852. The Hall–Kier alpha value is -2.28. The number of rotatable bonds is 4. The fourth-order valence-electron chi connectivity index (χ4n) is 3.21. The Morgan fingerprint density at radius 2 is 2.04 bits per heavy atom. The number of nitrogens with zero attached hydrogens (tertiary/aromatic N) is 2. The highest BCUT2D eigenvalue weighted by Crippen LogP contribution is 2.34. The molecule has 1 aliphatic carbocycles. The lowest BCUT2D eigenvalue weighted by Crippen LogP contribution is -2.48. The van der Waals surface area contributed by atoms with Gasteiger partial charge in [-0.2, -0.15) is 0 Å². The maximum Gasteiger partial charge on any atom is 0.408 e. The molecule has 5 rings (SSSR count). The Morgan fingerprint density at radius 3 is 2.69 bits per heavy atom. The molecule has 1 N–H and O–H groups in total. The number of benzene rings is 1. The highest BCUT2D eigenvalue weighted by Gasteiger charge is 2.39. The molecule has 5 nitrogen and oxygen atoms in total. The smallest absolute Gasteiger partial charge is 0.408 e. The third-order valence-corrected chi connectivity index (χ3v) is 5.82. The average Bonchev–Trinajstić information content (AvgIpc) is 3.05. The molecular formula is C19H20FN3O2S. The van der Waals surface area contributed by atoms with Gasteiger partial charge < -0.3 is 10.1 Å². The SMILES string of the molecule is CC(C)(NC(=O)O[C@@H]1CN=C2CC1C2)c1csc(-c2ccc(F)cc2)n1. The standard InChI is InChI=1S/C19H20FN3O2S/c1-19(2,23-18(24)25-15-9-21-14-7-12(15)8-14)16-10-26-17(22-16)11-3-5-13(20)6-4-11/h3-6,10,12,15H,7-9H2,1-2H3,(H,23,24)/t15-/m1/s1. The summed E-state index contributed by atoms with van der Waals surface area (Å²) < 4.78 is 18.7. The number of hydrogen-bond donors (Lipinski definition) is 1. The molecule has 1 saturated carbocycles. The van der Waals surface area contributed by atoms with Crippen molar-refractivity contribution in [2.24, 2.45) is 10.9 Å². The molecule has 3 aliphatic rings. The van der Waals surface area contributed by atoms with E-state index in [0.29, 0.717) is 12.5 Å². The van der Waals surface area contributed by atoms with Crippen LogP contribution in [0, 0.1) is 11.7 Å². The molecule has 1 atom stereocenters. The normalized spacial score (nSPS) is 21.6. The number of amides is 1. The molecular weight excluding hydrogens is 353 g/mol. The molecule has 7 heteroatoms. The van der Waals surface area contributed by atoms with Gasteiger partial charge in [0.15, 0.2) is 0 Å². The van der Waals surface area contributed by atoms with Crippen LogP contribution in [0.4, 0.5) is 9.18 Å². The molecule has 26 heavy (non-hydrogen) atoms. The maximum absolute atomic E-state index is 13.1. The van der Waals surface area contributed by atoms with E-state index in [2.05, 4.69) is 15.3 Å². The van der Waals surface area contributed by atoms with E-state index in [1.54, 1.807) is 12.1 Å². The zero-order valence-electron chi connectivity index (χ0n) is 14.7. The zero-order chi connectivity index (χ0) is 18.3. The predicted molar refractivity (Wildman–Crippen MR) is 99.0 cm³/mol. The van der Waals surface area contributed by atoms with Crippen molar-refractivity contribution in [2.75, 3.05) is 6.54 Å². The van der Waals surface area contributed by atoms with Gasteiger partial charge in [0.25, 0.3) is 0 Å². The van der Waals surface area contributed by atoms with Crippen molar-refractivity contribution in [3.05, 3.63) is 41.2 Å². The summed E-state index contributed by atoms with van der Waals surface area (Å²) in [4.78, 5) is 21.3. The molecule has 2 bridgehead atoms. The van der Waals surface area contributed by atoms with E-state index in [9.17, 15) is 9.18 Å². The number of carbonyl (C=O) groups excluding carboxylic acids is 1. The van der Waals surface area contributed by atoms with Crippen molar-refractivity contribution >= 4 is 23.1 Å². The van der Waals surface area contributed by atoms with Crippen molar-refractivity contribution in [3.63, 3.8) is 0 Å². The molecule has 3 heterocycles. The van der Waals surface area contributed by atoms with Gasteiger partial charge in [-0.1, -0.05) is 0 Å². The first kappa shape index (κ1) is 17.1. The average molecular weight is 373 g/mol. The number of aromatic nitrogens is 1. The summed E-state index contributed by atoms with van der Waals surface area (Å²) in [5, 5.41) is 5.60. The van der Waals surface area contributed by atoms with Crippen molar-refractivity contribution < 1.29 is 13.9 Å². The lowest BCUT2D eigenvalue weighted by atomic mass is 9.76. The number of aliphatic imine (C=N–C) groups is 1. The first-order valence-electron chi connectivity index (χ1n) is 8.64. The van der Waals surface area contributed by atoms with E-state index in [0.717, 1.165) is 29.1 Å². The first-order chi connectivity index (χ1) is 12.4.